The van der Waals surface area contributed by atoms with Crippen molar-refractivity contribution in [3.8, 4) is 5.75 Å². The number of carbonyl (C=O) groups excluding carboxylic acids is 1. The monoisotopic (exact) mass is 439 g/mol. The molecule has 0 aliphatic rings. The van der Waals surface area contributed by atoms with E-state index in [1.807, 2.05) is 18.2 Å². The molecule has 170 valence electrons. The Morgan fingerprint density at radius 3 is 2.75 bits per heavy atom. The summed E-state index contributed by atoms with van der Waals surface area (Å²) in [7, 11) is 0. The molecule has 0 aliphatic heterocycles. The van der Waals surface area contributed by atoms with Crippen LogP contribution in [0.4, 0.5) is 5.82 Å². The predicted octanol–water partition coefficient (Wildman–Crippen LogP) is 1.48. The third-order valence-corrected chi connectivity index (χ3v) is 5.11. The lowest BCUT2D eigenvalue weighted by atomic mass is 10.1. The number of phenolic OH excluding ortho intramolecular Hbond substituents is 1. The molecule has 3 aromatic rings. The summed E-state index contributed by atoms with van der Waals surface area (Å²) >= 11 is 0. The van der Waals surface area contributed by atoms with E-state index in [1.165, 1.54) is 0 Å². The number of carbonyl (C=O) groups is 1. The van der Waals surface area contributed by atoms with Crippen molar-refractivity contribution in [2.24, 2.45) is 5.73 Å². The fourth-order valence-electron chi connectivity index (χ4n) is 3.36. The van der Waals surface area contributed by atoms with Crippen molar-refractivity contribution in [2.45, 2.75) is 25.6 Å². The van der Waals surface area contributed by atoms with Crippen LogP contribution < -0.4 is 16.9 Å². The van der Waals surface area contributed by atoms with Crippen LogP contribution in [-0.2, 0) is 17.8 Å². The number of nitrogens with two attached hydrogens (primary N) is 2. The van der Waals surface area contributed by atoms with Gasteiger partial charge in [-0.05, 0) is 35.7 Å². The highest BCUT2D eigenvalue weighted by Crippen LogP contribution is 2.23. The average Bonchev–Trinajstić information content (AvgIpc) is 3.18. The van der Waals surface area contributed by atoms with Gasteiger partial charge in [-0.1, -0.05) is 30.3 Å². The van der Waals surface area contributed by atoms with E-state index in [0.717, 1.165) is 27.2 Å². The smallest absolute Gasteiger partial charge is 0.223 e. The molecule has 0 fully saturated rings. The maximum absolute atomic E-state index is 13.1. The van der Waals surface area contributed by atoms with Crippen LogP contribution in [-0.4, -0.2) is 55.7 Å². The lowest BCUT2D eigenvalue weighted by molar-refractivity contribution is -0.173. The lowest BCUT2D eigenvalue weighted by Crippen LogP contribution is -2.54. The number of hydrazine groups is 1. The van der Waals surface area contributed by atoms with E-state index in [9.17, 15) is 15.1 Å². The molecule has 0 bridgehead atoms. The van der Waals surface area contributed by atoms with Gasteiger partial charge in [0.2, 0.25) is 5.91 Å². The van der Waals surface area contributed by atoms with Crippen molar-refractivity contribution in [3.63, 3.8) is 0 Å². The normalized spacial score (nSPS) is 12.2. The van der Waals surface area contributed by atoms with E-state index >= 15 is 0 Å². The maximum Gasteiger partial charge on any atom is 0.223 e. The highest BCUT2D eigenvalue weighted by Gasteiger charge is 2.22. The van der Waals surface area contributed by atoms with Crippen molar-refractivity contribution in [1.82, 2.24) is 25.7 Å². The number of aryl methyl sites for hydroxylation is 1. The molecule has 0 saturated carbocycles. The van der Waals surface area contributed by atoms with Gasteiger partial charge < -0.3 is 21.5 Å². The van der Waals surface area contributed by atoms with Gasteiger partial charge in [-0.15, -0.1) is 11.8 Å². The van der Waals surface area contributed by atoms with Gasteiger partial charge in [0.15, 0.2) is 5.82 Å². The minimum atomic E-state index is -0.862. The number of nitrogens with zero attached hydrogens (tertiary/aromatic N) is 3. The third kappa shape index (κ3) is 5.83. The van der Waals surface area contributed by atoms with Crippen molar-refractivity contribution >= 4 is 22.6 Å². The second-order valence-corrected chi connectivity index (χ2v) is 7.45. The van der Waals surface area contributed by atoms with E-state index in [4.69, 9.17) is 11.5 Å². The fourth-order valence-corrected chi connectivity index (χ4v) is 3.36. The van der Waals surface area contributed by atoms with Gasteiger partial charge in [-0.3, -0.25) is 15.1 Å². The number of hydrogen-bond donors (Lipinski definition) is 6. The molecule has 1 heterocycles. The van der Waals surface area contributed by atoms with Crippen molar-refractivity contribution in [3.05, 3.63) is 66.2 Å². The topological polar surface area (TPSA) is 157 Å². The number of benzene rings is 2. The molecule has 0 unspecified atom stereocenters. The Morgan fingerprint density at radius 2 is 2.03 bits per heavy atom. The van der Waals surface area contributed by atoms with Gasteiger partial charge in [0.25, 0.3) is 0 Å². The number of phenols is 1. The first-order valence-electron chi connectivity index (χ1n) is 10.2. The average molecular weight is 440 g/mol. The second-order valence-electron chi connectivity index (χ2n) is 7.45. The number of nitrogen functional groups attached to an aromatic ring is 1. The van der Waals surface area contributed by atoms with Crippen LogP contribution in [0.1, 0.15) is 17.5 Å². The second kappa shape index (κ2) is 10.7. The van der Waals surface area contributed by atoms with Crippen LogP contribution in [0.5, 0.6) is 5.75 Å². The van der Waals surface area contributed by atoms with Crippen LogP contribution in [0.3, 0.4) is 0 Å². The van der Waals surface area contributed by atoms with Crippen molar-refractivity contribution in [1.29, 1.82) is 0 Å². The Balaban J connectivity index is 1.77. The molecule has 1 amide bonds. The van der Waals surface area contributed by atoms with E-state index in [2.05, 4.69) is 22.2 Å². The Kier molecular flexibility index (Phi) is 7.79. The fraction of sp³-hybridized carbons (Fsp3) is 0.273. The molecule has 0 aliphatic carbocycles. The number of amides is 1. The van der Waals surface area contributed by atoms with Gasteiger partial charge in [0, 0.05) is 24.9 Å². The number of H-pyrrole nitrogens is 1. The zero-order valence-electron chi connectivity index (χ0n) is 17.7. The quantitative estimate of drug-likeness (QED) is 0.149. The minimum Gasteiger partial charge on any atom is -0.508 e. The van der Waals surface area contributed by atoms with Gasteiger partial charge in [-0.25, -0.2) is 5.43 Å². The van der Waals surface area contributed by atoms with E-state index in [-0.39, 0.29) is 31.2 Å². The molecule has 0 spiro atoms. The molecule has 8 N–H and O–H groups in total. The standard InChI is InChI=1S/C22H29N7O3/c1-2-12-25-29(32)19(23)14-28(20(31)11-8-15-6-9-17(30)10-7-15)13-16-4-3-5-18-21(16)26-27-22(18)24/h2-7,9-10,19,25,30,32H,1,8,11-14,23H2,(H3,24,26,27)/t19-/m0/s1. The highest BCUT2D eigenvalue weighted by molar-refractivity contribution is 5.91. The number of nitrogens with one attached hydrogen (secondary N) is 2. The molecular formula is C22H29N7O3. The molecular weight excluding hydrogens is 410 g/mol. The number of aromatic amines is 1. The van der Waals surface area contributed by atoms with E-state index in [0.29, 0.717) is 18.8 Å². The summed E-state index contributed by atoms with van der Waals surface area (Å²) in [4.78, 5) is 14.7. The Bertz CT molecular complexity index is 1050. The molecule has 3 rings (SSSR count). The first kappa shape index (κ1) is 23.2. The number of fused-ring (bicyclic) bond motifs is 1. The van der Waals surface area contributed by atoms with Crippen LogP contribution >= 0.6 is 0 Å². The first-order chi connectivity index (χ1) is 15.4. The number of hydroxylamine groups is 1. The van der Waals surface area contributed by atoms with Gasteiger partial charge in [0.1, 0.15) is 11.9 Å². The minimum absolute atomic E-state index is 0.0784. The van der Waals surface area contributed by atoms with Gasteiger partial charge in [0.05, 0.1) is 12.1 Å². The third-order valence-electron chi connectivity index (χ3n) is 5.11. The largest absolute Gasteiger partial charge is 0.508 e. The first-order valence-corrected chi connectivity index (χ1v) is 10.2. The highest BCUT2D eigenvalue weighted by atomic mass is 16.5. The number of hydrogen-bond acceptors (Lipinski definition) is 8. The van der Waals surface area contributed by atoms with E-state index < -0.39 is 6.17 Å². The summed E-state index contributed by atoms with van der Waals surface area (Å²) in [6, 6.07) is 12.3. The van der Waals surface area contributed by atoms with Crippen molar-refractivity contribution in [2.75, 3.05) is 18.8 Å². The summed E-state index contributed by atoms with van der Waals surface area (Å²) in [5.41, 5.74) is 17.2. The molecule has 10 nitrogen and oxygen atoms in total. The number of anilines is 1. The summed E-state index contributed by atoms with van der Waals surface area (Å²) in [6.45, 7) is 4.25. The SMILES string of the molecule is C=CCNN(O)[C@H](N)CN(Cc1cccc2c(N)n[nH]c12)C(=O)CCc1ccc(O)cc1. The predicted molar refractivity (Wildman–Crippen MR) is 122 cm³/mol. The molecule has 0 saturated heterocycles. The molecule has 0 radical (unpaired) electrons. The summed E-state index contributed by atoms with van der Waals surface area (Å²) < 4.78 is 0. The van der Waals surface area contributed by atoms with Crippen LogP contribution in [0.15, 0.2) is 55.1 Å². The molecule has 1 atom stereocenters. The maximum atomic E-state index is 13.1. The summed E-state index contributed by atoms with van der Waals surface area (Å²) in [6.07, 6.45) is 1.46. The Labute approximate surface area is 186 Å². The lowest BCUT2D eigenvalue weighted by Gasteiger charge is -2.30. The zero-order chi connectivity index (χ0) is 23.1. The van der Waals surface area contributed by atoms with Crippen LogP contribution in [0.2, 0.25) is 0 Å². The van der Waals surface area contributed by atoms with Gasteiger partial charge in [-0.2, -0.15) is 5.10 Å². The van der Waals surface area contributed by atoms with Crippen molar-refractivity contribution < 1.29 is 15.1 Å². The molecule has 1 aromatic heterocycles. The number of aromatic nitrogens is 2. The van der Waals surface area contributed by atoms with Crippen LogP contribution in [0.25, 0.3) is 10.9 Å². The molecule has 2 aromatic carbocycles. The Hall–Kier alpha value is -3.44. The van der Waals surface area contributed by atoms with Crippen LogP contribution in [0, 0.1) is 0 Å². The Morgan fingerprint density at radius 1 is 1.28 bits per heavy atom. The number of para-hydroxylation sites is 1. The summed E-state index contributed by atoms with van der Waals surface area (Å²) in [5.74, 6) is 0.434. The molecule has 10 heteroatoms. The zero-order valence-corrected chi connectivity index (χ0v) is 17.7. The molecule has 32 heavy (non-hydrogen) atoms. The summed E-state index contributed by atoms with van der Waals surface area (Å²) in [5, 5.41) is 28.1. The number of aromatic hydroxyl groups is 1. The van der Waals surface area contributed by atoms with Gasteiger partial charge >= 0.3 is 0 Å². The van der Waals surface area contributed by atoms with E-state index in [1.54, 1.807) is 35.2 Å². The number of rotatable bonds is 11.